The van der Waals surface area contributed by atoms with Crippen molar-refractivity contribution < 1.29 is 13.5 Å². The van der Waals surface area contributed by atoms with Gasteiger partial charge < -0.3 is 10.1 Å². The van der Waals surface area contributed by atoms with E-state index in [-0.39, 0.29) is 18.1 Å². The molecule has 2 aliphatic heterocycles. The molecule has 0 amide bonds. The van der Waals surface area contributed by atoms with Gasteiger partial charge in [-0.25, -0.2) is 8.78 Å². The number of ether oxygens (including phenoxy) is 1. The minimum atomic E-state index is -0.800. The lowest BCUT2D eigenvalue weighted by molar-refractivity contribution is 0.0824. The normalized spacial score (nSPS) is 25.3. The quantitative estimate of drug-likeness (QED) is 0.804. The third-order valence-electron chi connectivity index (χ3n) is 5.24. The summed E-state index contributed by atoms with van der Waals surface area (Å²) in [5.41, 5.74) is 3.74. The Morgan fingerprint density at radius 3 is 2.75 bits per heavy atom. The van der Waals surface area contributed by atoms with Crippen molar-refractivity contribution in [3.63, 3.8) is 0 Å². The Hall–Kier alpha value is -1.94. The van der Waals surface area contributed by atoms with E-state index in [1.54, 1.807) is 12.1 Å². The van der Waals surface area contributed by atoms with E-state index in [0.29, 0.717) is 18.1 Å². The average molecular weight is 329 g/mol. The van der Waals surface area contributed by atoms with Crippen molar-refractivity contribution in [3.8, 4) is 0 Å². The molecule has 0 spiro atoms. The zero-order chi connectivity index (χ0) is 16.8. The van der Waals surface area contributed by atoms with E-state index in [9.17, 15) is 8.78 Å². The molecular formula is C20H21F2NO. The van der Waals surface area contributed by atoms with E-state index in [2.05, 4.69) is 31.3 Å². The first-order chi connectivity index (χ1) is 11.6. The minimum absolute atomic E-state index is 0.0624. The van der Waals surface area contributed by atoms with Gasteiger partial charge in [0.1, 0.15) is 0 Å². The monoisotopic (exact) mass is 329 g/mol. The lowest BCUT2D eigenvalue weighted by Gasteiger charge is -2.37. The summed E-state index contributed by atoms with van der Waals surface area (Å²) >= 11 is 0. The predicted octanol–water partition coefficient (Wildman–Crippen LogP) is 5.33. The summed E-state index contributed by atoms with van der Waals surface area (Å²) in [6.07, 6.45) is 0.775. The van der Waals surface area contributed by atoms with E-state index < -0.39 is 11.6 Å². The van der Waals surface area contributed by atoms with Crippen LogP contribution in [0.1, 0.15) is 55.0 Å². The zero-order valence-corrected chi connectivity index (χ0v) is 13.9. The molecule has 0 aromatic heterocycles. The molecule has 1 N–H and O–H groups in total. The van der Waals surface area contributed by atoms with Crippen LogP contribution in [0.3, 0.4) is 0 Å². The number of halogens is 2. The first kappa shape index (κ1) is 15.6. The fourth-order valence-corrected chi connectivity index (χ4v) is 3.92. The molecule has 2 aromatic rings. The van der Waals surface area contributed by atoms with Crippen LogP contribution >= 0.6 is 0 Å². The number of hydrogen-bond donors (Lipinski definition) is 1. The second kappa shape index (κ2) is 5.85. The van der Waals surface area contributed by atoms with Gasteiger partial charge in [-0.05, 0) is 30.0 Å². The standard InChI is InChI=1S/C20H21F2NO/c1-11(2)12-6-7-17-15(10-12)20-14(8-9-24-20)19(23-17)13-4-3-5-16(21)18(13)22/h3-7,10-11,14,19-20,23H,8-9H2,1-2H3. The first-order valence-corrected chi connectivity index (χ1v) is 8.52. The molecule has 2 heterocycles. The minimum Gasteiger partial charge on any atom is -0.377 e. The van der Waals surface area contributed by atoms with Crippen molar-refractivity contribution in [2.75, 3.05) is 11.9 Å². The molecule has 0 saturated carbocycles. The van der Waals surface area contributed by atoms with Crippen molar-refractivity contribution in [2.45, 2.75) is 38.3 Å². The number of hydrogen-bond acceptors (Lipinski definition) is 2. The van der Waals surface area contributed by atoms with E-state index in [1.807, 2.05) is 6.07 Å². The molecule has 2 nitrogen and oxygen atoms in total. The fraction of sp³-hybridized carbons (Fsp3) is 0.400. The van der Waals surface area contributed by atoms with Crippen LogP contribution in [-0.2, 0) is 4.74 Å². The summed E-state index contributed by atoms with van der Waals surface area (Å²) in [6, 6.07) is 10.4. The van der Waals surface area contributed by atoms with Crippen LogP contribution in [0.4, 0.5) is 14.5 Å². The van der Waals surface area contributed by atoms with Crippen LogP contribution in [0.2, 0.25) is 0 Å². The third-order valence-corrected chi connectivity index (χ3v) is 5.24. The summed E-state index contributed by atoms with van der Waals surface area (Å²) < 4.78 is 34.0. The second-order valence-electron chi connectivity index (χ2n) is 7.01. The number of nitrogens with one attached hydrogen (secondary N) is 1. The van der Waals surface area contributed by atoms with Crippen molar-refractivity contribution in [2.24, 2.45) is 5.92 Å². The highest BCUT2D eigenvalue weighted by Gasteiger charge is 2.42. The molecule has 4 rings (SSSR count). The van der Waals surface area contributed by atoms with Gasteiger partial charge in [0, 0.05) is 29.3 Å². The Morgan fingerprint density at radius 1 is 1.12 bits per heavy atom. The predicted molar refractivity (Wildman–Crippen MR) is 90.1 cm³/mol. The Morgan fingerprint density at radius 2 is 1.96 bits per heavy atom. The summed E-state index contributed by atoms with van der Waals surface area (Å²) in [4.78, 5) is 0. The van der Waals surface area contributed by atoms with E-state index >= 15 is 0 Å². The molecule has 126 valence electrons. The molecular weight excluding hydrogens is 308 g/mol. The Labute approximate surface area is 140 Å². The molecule has 4 heteroatoms. The smallest absolute Gasteiger partial charge is 0.164 e. The maximum Gasteiger partial charge on any atom is 0.164 e. The van der Waals surface area contributed by atoms with Crippen LogP contribution < -0.4 is 5.32 Å². The van der Waals surface area contributed by atoms with Crippen LogP contribution in [0.5, 0.6) is 0 Å². The highest BCUT2D eigenvalue weighted by Crippen LogP contribution is 2.50. The van der Waals surface area contributed by atoms with Crippen LogP contribution in [0.15, 0.2) is 36.4 Å². The highest BCUT2D eigenvalue weighted by molar-refractivity contribution is 5.59. The molecule has 2 aliphatic rings. The van der Waals surface area contributed by atoms with Gasteiger partial charge in [0.25, 0.3) is 0 Å². The Balaban J connectivity index is 1.79. The average Bonchev–Trinajstić information content (AvgIpc) is 3.06. The molecule has 1 saturated heterocycles. The molecule has 2 aromatic carbocycles. The number of benzene rings is 2. The van der Waals surface area contributed by atoms with Crippen molar-refractivity contribution in [3.05, 3.63) is 64.7 Å². The van der Waals surface area contributed by atoms with Crippen molar-refractivity contribution in [1.82, 2.24) is 0 Å². The van der Waals surface area contributed by atoms with Crippen LogP contribution in [-0.4, -0.2) is 6.61 Å². The van der Waals surface area contributed by atoms with Gasteiger partial charge in [-0.1, -0.05) is 38.1 Å². The molecule has 1 fully saturated rings. The molecule has 0 bridgehead atoms. The largest absolute Gasteiger partial charge is 0.377 e. The molecule has 24 heavy (non-hydrogen) atoms. The van der Waals surface area contributed by atoms with Gasteiger partial charge in [0.15, 0.2) is 11.6 Å². The number of rotatable bonds is 2. The first-order valence-electron chi connectivity index (χ1n) is 8.52. The van der Waals surface area contributed by atoms with Crippen molar-refractivity contribution >= 4 is 5.69 Å². The Kier molecular flexibility index (Phi) is 3.80. The maximum absolute atomic E-state index is 14.3. The van der Waals surface area contributed by atoms with Crippen LogP contribution in [0.25, 0.3) is 0 Å². The van der Waals surface area contributed by atoms with Gasteiger partial charge in [-0.2, -0.15) is 0 Å². The molecule has 0 aliphatic carbocycles. The maximum atomic E-state index is 14.3. The summed E-state index contributed by atoms with van der Waals surface area (Å²) in [6.45, 7) is 4.97. The van der Waals surface area contributed by atoms with Gasteiger partial charge in [-0.3, -0.25) is 0 Å². The molecule has 3 atom stereocenters. The fourth-order valence-electron chi connectivity index (χ4n) is 3.92. The molecule has 0 radical (unpaired) electrons. The molecule has 3 unspecified atom stereocenters. The van der Waals surface area contributed by atoms with Gasteiger partial charge in [0.2, 0.25) is 0 Å². The number of fused-ring (bicyclic) bond motifs is 3. The van der Waals surface area contributed by atoms with Crippen molar-refractivity contribution in [1.29, 1.82) is 0 Å². The lowest BCUT2D eigenvalue weighted by Crippen LogP contribution is -2.30. The van der Waals surface area contributed by atoms with Gasteiger partial charge in [0.05, 0.1) is 12.1 Å². The summed E-state index contributed by atoms with van der Waals surface area (Å²) in [5.74, 6) is -1.02. The van der Waals surface area contributed by atoms with E-state index in [1.165, 1.54) is 5.56 Å². The lowest BCUT2D eigenvalue weighted by atomic mass is 9.80. The van der Waals surface area contributed by atoms with Crippen LogP contribution in [0, 0.1) is 17.6 Å². The second-order valence-corrected chi connectivity index (χ2v) is 7.01. The Bertz CT molecular complexity index is 774. The topological polar surface area (TPSA) is 21.3 Å². The van der Waals surface area contributed by atoms with E-state index in [0.717, 1.165) is 23.7 Å². The van der Waals surface area contributed by atoms with E-state index in [4.69, 9.17) is 4.74 Å². The number of anilines is 1. The highest BCUT2D eigenvalue weighted by atomic mass is 19.2. The van der Waals surface area contributed by atoms with Gasteiger partial charge >= 0.3 is 0 Å². The third kappa shape index (κ3) is 2.40. The summed E-state index contributed by atoms with van der Waals surface area (Å²) in [7, 11) is 0. The van der Waals surface area contributed by atoms with Gasteiger partial charge in [-0.15, -0.1) is 0 Å². The zero-order valence-electron chi connectivity index (χ0n) is 13.9. The SMILES string of the molecule is CC(C)c1ccc2c(c1)C1OCCC1C(c1cccc(F)c1F)N2. The summed E-state index contributed by atoms with van der Waals surface area (Å²) in [5, 5.41) is 3.43.